The van der Waals surface area contributed by atoms with Crippen LogP contribution < -0.4 is 0 Å². The maximum atomic E-state index is 2.37. The Hall–Kier alpha value is 0.763. The van der Waals surface area contributed by atoms with E-state index in [1.54, 1.807) is 0 Å². The Morgan fingerprint density at radius 1 is 0.600 bits per heavy atom. The van der Waals surface area contributed by atoms with Gasteiger partial charge in [-0.05, 0) is 0 Å². The van der Waals surface area contributed by atoms with E-state index in [-0.39, 0.29) is 0 Å². The maximum absolute atomic E-state index is 2.37. The van der Waals surface area contributed by atoms with E-state index in [2.05, 4.69) is 50.8 Å². The molecule has 0 amide bonds. The van der Waals surface area contributed by atoms with Crippen LogP contribution >= 0.6 is 0 Å². The molecule has 4 heteroatoms. The number of hydrogen-bond donors (Lipinski definition) is 0. The Bertz CT molecular complexity index is 74.0. The van der Waals surface area contributed by atoms with Crippen molar-refractivity contribution in [2.75, 3.05) is 42.3 Å². The van der Waals surface area contributed by atoms with Crippen LogP contribution in [0.15, 0.2) is 0 Å². The molecule has 0 bridgehead atoms. The average molecular weight is 341 g/mol. The molecule has 0 aromatic heterocycles. The predicted octanol–water partition coefficient (Wildman–Crippen LogP) is -0.344. The third-order valence-corrected chi connectivity index (χ3v) is 9.42. The summed E-state index contributed by atoms with van der Waals surface area (Å²) >= 11 is -1.58. The van der Waals surface area contributed by atoms with Crippen molar-refractivity contribution in [2.24, 2.45) is 0 Å². The van der Waals surface area contributed by atoms with Crippen LogP contribution in [-0.4, -0.2) is 73.4 Å². The third-order valence-electron chi connectivity index (χ3n) is 1.07. The summed E-state index contributed by atoms with van der Waals surface area (Å²) in [7, 11) is 13.0. The number of hydrogen-bond acceptors (Lipinski definition) is 3. The van der Waals surface area contributed by atoms with Crippen LogP contribution in [0.4, 0.5) is 0 Å². The van der Waals surface area contributed by atoms with E-state index in [0.717, 1.165) is 0 Å². The van der Waals surface area contributed by atoms with Crippen molar-refractivity contribution in [1.29, 1.82) is 0 Å². The molecule has 0 fully saturated rings. The van der Waals surface area contributed by atoms with Gasteiger partial charge in [-0.15, -0.1) is 0 Å². The van der Waals surface area contributed by atoms with Crippen LogP contribution in [0.2, 0.25) is 0 Å². The van der Waals surface area contributed by atoms with Gasteiger partial charge in [-0.2, -0.15) is 0 Å². The van der Waals surface area contributed by atoms with E-state index in [0.29, 0.717) is 0 Å². The minimum absolute atomic E-state index is 1.58. The van der Waals surface area contributed by atoms with Gasteiger partial charge in [-0.3, -0.25) is 0 Å². The molecular weight excluding hydrogens is 323 g/mol. The van der Waals surface area contributed by atoms with Crippen molar-refractivity contribution in [3.8, 4) is 0 Å². The number of rotatable bonds is 3. The third kappa shape index (κ3) is 3.24. The van der Waals surface area contributed by atoms with Crippen molar-refractivity contribution in [3.05, 3.63) is 0 Å². The Balaban J connectivity index is 3.98. The normalized spacial score (nSPS) is 12.6. The first kappa shape index (κ1) is 10.8. The molecular formula is C6H18BiN3. The van der Waals surface area contributed by atoms with Crippen LogP contribution in [0.5, 0.6) is 0 Å². The fraction of sp³-hybridized carbons (Fsp3) is 1.00. The molecule has 3 nitrogen and oxygen atoms in total. The monoisotopic (exact) mass is 341 g/mol. The quantitative estimate of drug-likeness (QED) is 0.651. The standard InChI is InChI=1S/3C2H6N.Bi/c3*1-3-2;/h3*1-2H3;/q3*-1;+3. The van der Waals surface area contributed by atoms with Gasteiger partial charge >= 0.3 is 73.4 Å². The Kier molecular flexibility index (Phi) is 4.95. The molecule has 0 saturated carbocycles. The van der Waals surface area contributed by atoms with Gasteiger partial charge in [0.05, 0.1) is 0 Å². The topological polar surface area (TPSA) is 9.72 Å². The van der Waals surface area contributed by atoms with E-state index < -0.39 is 22.6 Å². The van der Waals surface area contributed by atoms with E-state index in [4.69, 9.17) is 0 Å². The van der Waals surface area contributed by atoms with Crippen molar-refractivity contribution in [1.82, 2.24) is 8.53 Å². The molecule has 0 aromatic rings. The summed E-state index contributed by atoms with van der Waals surface area (Å²) in [5.41, 5.74) is 0. The van der Waals surface area contributed by atoms with Crippen LogP contribution in [0, 0.1) is 0 Å². The van der Waals surface area contributed by atoms with Crippen LogP contribution in [0.1, 0.15) is 0 Å². The zero-order chi connectivity index (χ0) is 8.31. The fourth-order valence-electron chi connectivity index (χ4n) is 1.07. The van der Waals surface area contributed by atoms with Crippen LogP contribution in [-0.2, 0) is 0 Å². The van der Waals surface area contributed by atoms with E-state index >= 15 is 0 Å². The Labute approximate surface area is 73.5 Å². The van der Waals surface area contributed by atoms with E-state index in [1.807, 2.05) is 0 Å². The summed E-state index contributed by atoms with van der Waals surface area (Å²) in [4.78, 5) is 0. The molecule has 0 heterocycles. The molecule has 0 saturated heterocycles. The molecule has 0 radical (unpaired) electrons. The molecule has 0 aliphatic carbocycles. The molecule has 0 unspecified atom stereocenters. The van der Waals surface area contributed by atoms with Gasteiger partial charge in [0.1, 0.15) is 0 Å². The van der Waals surface area contributed by atoms with Crippen molar-refractivity contribution >= 4 is 22.6 Å². The van der Waals surface area contributed by atoms with Crippen molar-refractivity contribution in [3.63, 3.8) is 0 Å². The Morgan fingerprint density at radius 3 is 0.800 bits per heavy atom. The molecule has 0 rings (SSSR count). The van der Waals surface area contributed by atoms with Gasteiger partial charge in [-0.25, -0.2) is 0 Å². The van der Waals surface area contributed by atoms with Crippen LogP contribution in [0.25, 0.3) is 0 Å². The number of nitrogens with zero attached hydrogens (tertiary/aromatic N) is 3. The summed E-state index contributed by atoms with van der Waals surface area (Å²) in [6.45, 7) is 0. The molecule has 10 heavy (non-hydrogen) atoms. The first-order chi connectivity index (χ1) is 4.46. The summed E-state index contributed by atoms with van der Waals surface area (Å²) in [6, 6.07) is 0. The summed E-state index contributed by atoms with van der Waals surface area (Å²) in [5.74, 6) is 0. The predicted molar refractivity (Wildman–Crippen MR) is 46.8 cm³/mol. The molecule has 0 N–H and O–H groups in total. The molecule has 0 aromatic carbocycles. The van der Waals surface area contributed by atoms with Crippen molar-refractivity contribution < 1.29 is 0 Å². The first-order valence-corrected chi connectivity index (χ1v) is 7.95. The van der Waals surface area contributed by atoms with Gasteiger partial charge in [0.2, 0.25) is 0 Å². The fourth-order valence-corrected chi connectivity index (χ4v) is 9.42. The second-order valence-electron chi connectivity index (χ2n) is 2.81. The van der Waals surface area contributed by atoms with E-state index in [1.165, 1.54) is 0 Å². The minimum atomic E-state index is -1.58. The summed E-state index contributed by atoms with van der Waals surface area (Å²) in [6.07, 6.45) is 0. The molecule has 0 aliphatic heterocycles. The van der Waals surface area contributed by atoms with E-state index in [9.17, 15) is 0 Å². The second-order valence-corrected chi connectivity index (χ2v) is 14.2. The van der Waals surface area contributed by atoms with Gasteiger partial charge in [0.25, 0.3) is 0 Å². The average Bonchev–Trinajstić information content (AvgIpc) is 1.59. The zero-order valence-electron chi connectivity index (χ0n) is 7.79. The van der Waals surface area contributed by atoms with Gasteiger partial charge in [0.15, 0.2) is 0 Å². The van der Waals surface area contributed by atoms with Gasteiger partial charge in [-0.1, -0.05) is 0 Å². The van der Waals surface area contributed by atoms with Crippen LogP contribution in [0.3, 0.4) is 0 Å². The van der Waals surface area contributed by atoms with Gasteiger partial charge in [0, 0.05) is 0 Å². The second kappa shape index (κ2) is 4.60. The zero-order valence-corrected chi connectivity index (χ0v) is 11.3. The SMILES string of the molecule is C[N](C)[Bi]([N](C)C)[N](C)C. The first-order valence-electron chi connectivity index (χ1n) is 3.28. The van der Waals surface area contributed by atoms with Crippen molar-refractivity contribution in [2.45, 2.75) is 0 Å². The molecule has 0 aliphatic rings. The van der Waals surface area contributed by atoms with Gasteiger partial charge < -0.3 is 0 Å². The Morgan fingerprint density at radius 2 is 0.800 bits per heavy atom. The summed E-state index contributed by atoms with van der Waals surface area (Å²) < 4.78 is 7.11. The molecule has 62 valence electrons. The summed E-state index contributed by atoms with van der Waals surface area (Å²) in [5, 5.41) is 0. The molecule has 0 spiro atoms. The molecule has 0 atom stereocenters.